The molecule has 0 saturated carbocycles. The van der Waals surface area contributed by atoms with E-state index in [-0.39, 0.29) is 5.75 Å². The van der Waals surface area contributed by atoms with Crippen LogP contribution in [0.2, 0.25) is 0 Å². The van der Waals surface area contributed by atoms with E-state index in [0.717, 1.165) is 0 Å². The maximum absolute atomic E-state index is 10.8. The number of hydrogen-bond donors (Lipinski definition) is 0. The topological polar surface area (TPSA) is 34.1 Å². The van der Waals surface area contributed by atoms with Crippen LogP contribution in [0.25, 0.3) is 0 Å². The lowest BCUT2D eigenvalue weighted by Gasteiger charge is -2.26. The minimum absolute atomic E-state index is 0.196. The Bertz CT molecular complexity index is 272. The van der Waals surface area contributed by atoms with Gasteiger partial charge in [0.15, 0.2) is 9.84 Å². The van der Waals surface area contributed by atoms with Gasteiger partial charge in [-0.25, -0.2) is 8.42 Å². The molecule has 0 spiro atoms. The third-order valence-electron chi connectivity index (χ3n) is 1.59. The number of quaternary nitrogens is 1. The van der Waals surface area contributed by atoms with Crippen molar-refractivity contribution >= 4 is 9.84 Å². The number of hydrogen-bond acceptors (Lipinski definition) is 2. The summed E-state index contributed by atoms with van der Waals surface area (Å²) in [5, 5.41) is 0. The molecular weight excluding hydrogens is 174 g/mol. The van der Waals surface area contributed by atoms with Gasteiger partial charge < -0.3 is 4.48 Å². The standard InChI is InChI=1S/C8H16NO2S/c1-5-6-9(2,3)7-8-12(4,10)11/h1H,6-8H2,2-4H3/q+1. The van der Waals surface area contributed by atoms with Crippen LogP contribution in [-0.2, 0) is 9.84 Å². The van der Waals surface area contributed by atoms with Gasteiger partial charge in [-0.15, -0.1) is 6.42 Å². The molecule has 12 heavy (non-hydrogen) atoms. The highest BCUT2D eigenvalue weighted by molar-refractivity contribution is 7.90. The Morgan fingerprint density at radius 2 is 1.92 bits per heavy atom. The fourth-order valence-corrected chi connectivity index (χ4v) is 1.57. The van der Waals surface area contributed by atoms with Crippen molar-refractivity contribution in [2.24, 2.45) is 0 Å². The van der Waals surface area contributed by atoms with Crippen molar-refractivity contribution in [1.82, 2.24) is 0 Å². The van der Waals surface area contributed by atoms with E-state index in [9.17, 15) is 8.42 Å². The van der Waals surface area contributed by atoms with Crippen molar-refractivity contribution in [3.8, 4) is 12.3 Å². The van der Waals surface area contributed by atoms with Crippen LogP contribution in [0.15, 0.2) is 0 Å². The molecule has 4 heteroatoms. The first kappa shape index (κ1) is 11.5. The molecular formula is C8H16NO2S+. The zero-order valence-electron chi connectivity index (χ0n) is 7.87. The fourth-order valence-electron chi connectivity index (χ4n) is 0.739. The second kappa shape index (κ2) is 3.92. The van der Waals surface area contributed by atoms with Crippen molar-refractivity contribution in [1.29, 1.82) is 0 Å². The summed E-state index contributed by atoms with van der Waals surface area (Å²) in [6, 6.07) is 0. The van der Waals surface area contributed by atoms with Crippen molar-refractivity contribution in [3.63, 3.8) is 0 Å². The van der Waals surface area contributed by atoms with Crippen LogP contribution in [0.4, 0.5) is 0 Å². The van der Waals surface area contributed by atoms with E-state index in [1.165, 1.54) is 6.26 Å². The normalized spacial score (nSPS) is 12.5. The van der Waals surface area contributed by atoms with E-state index in [0.29, 0.717) is 17.6 Å². The Hall–Kier alpha value is -0.530. The number of terminal acetylenes is 1. The average Bonchev–Trinajstić information content (AvgIpc) is 1.83. The van der Waals surface area contributed by atoms with Crippen LogP contribution in [0.1, 0.15) is 0 Å². The first-order chi connectivity index (χ1) is 5.27. The molecule has 3 nitrogen and oxygen atoms in total. The van der Waals surface area contributed by atoms with Gasteiger partial charge in [-0.2, -0.15) is 0 Å². The van der Waals surface area contributed by atoms with E-state index >= 15 is 0 Å². The van der Waals surface area contributed by atoms with Crippen molar-refractivity contribution in [3.05, 3.63) is 0 Å². The fraction of sp³-hybridized carbons (Fsp3) is 0.750. The van der Waals surface area contributed by atoms with Gasteiger partial charge in [0.25, 0.3) is 0 Å². The molecule has 0 aromatic rings. The molecule has 0 aliphatic rings. The summed E-state index contributed by atoms with van der Waals surface area (Å²) in [4.78, 5) is 0. The van der Waals surface area contributed by atoms with Crippen LogP contribution in [0, 0.1) is 12.3 Å². The zero-order chi connectivity index (χ0) is 9.83. The van der Waals surface area contributed by atoms with Gasteiger partial charge in [-0.3, -0.25) is 0 Å². The quantitative estimate of drug-likeness (QED) is 0.452. The highest BCUT2D eigenvalue weighted by Crippen LogP contribution is 1.96. The third-order valence-corrected chi connectivity index (χ3v) is 2.51. The molecule has 0 heterocycles. The van der Waals surface area contributed by atoms with E-state index in [1.807, 2.05) is 14.1 Å². The Balaban J connectivity index is 4.03. The lowest BCUT2D eigenvalue weighted by atomic mass is 10.4. The van der Waals surface area contributed by atoms with Gasteiger partial charge in [-0.05, 0) is 5.92 Å². The Morgan fingerprint density at radius 3 is 2.25 bits per heavy atom. The molecule has 0 saturated heterocycles. The maximum Gasteiger partial charge on any atom is 0.152 e. The summed E-state index contributed by atoms with van der Waals surface area (Å²) in [5.41, 5.74) is 0. The van der Waals surface area contributed by atoms with E-state index in [2.05, 4.69) is 5.92 Å². The van der Waals surface area contributed by atoms with Crippen molar-refractivity contribution < 1.29 is 12.9 Å². The summed E-state index contributed by atoms with van der Waals surface area (Å²) in [6.45, 7) is 1.14. The largest absolute Gasteiger partial charge is 0.318 e. The molecule has 0 aromatic heterocycles. The van der Waals surface area contributed by atoms with E-state index in [1.54, 1.807) is 0 Å². The van der Waals surface area contributed by atoms with Gasteiger partial charge in [0, 0.05) is 6.26 Å². The third kappa shape index (κ3) is 6.20. The lowest BCUT2D eigenvalue weighted by Crippen LogP contribution is -2.43. The van der Waals surface area contributed by atoms with Crippen LogP contribution in [-0.4, -0.2) is 52.1 Å². The highest BCUT2D eigenvalue weighted by atomic mass is 32.2. The molecule has 0 N–H and O–H groups in total. The molecule has 0 aromatic carbocycles. The van der Waals surface area contributed by atoms with Gasteiger partial charge in [0.05, 0.1) is 26.4 Å². The van der Waals surface area contributed by atoms with E-state index in [4.69, 9.17) is 6.42 Å². The Kier molecular flexibility index (Phi) is 3.75. The average molecular weight is 190 g/mol. The number of sulfone groups is 1. The predicted octanol–water partition coefficient (Wildman–Crippen LogP) is -0.259. The van der Waals surface area contributed by atoms with Gasteiger partial charge in [0.2, 0.25) is 0 Å². The highest BCUT2D eigenvalue weighted by Gasteiger charge is 2.15. The molecule has 0 aliphatic heterocycles. The van der Waals surface area contributed by atoms with Gasteiger partial charge in [0.1, 0.15) is 6.54 Å². The summed E-state index contributed by atoms with van der Waals surface area (Å²) >= 11 is 0. The minimum Gasteiger partial charge on any atom is -0.318 e. The molecule has 70 valence electrons. The number of nitrogens with zero attached hydrogens (tertiary/aromatic N) is 1. The molecule has 0 fully saturated rings. The van der Waals surface area contributed by atoms with Gasteiger partial charge in [-0.1, -0.05) is 0 Å². The first-order valence-electron chi connectivity index (χ1n) is 3.70. The smallest absolute Gasteiger partial charge is 0.152 e. The lowest BCUT2D eigenvalue weighted by molar-refractivity contribution is -0.880. The molecule has 0 radical (unpaired) electrons. The summed E-state index contributed by atoms with van der Waals surface area (Å²) < 4.78 is 22.2. The predicted molar refractivity (Wildman–Crippen MR) is 50.4 cm³/mol. The van der Waals surface area contributed by atoms with E-state index < -0.39 is 9.84 Å². The van der Waals surface area contributed by atoms with Crippen molar-refractivity contribution in [2.45, 2.75) is 0 Å². The van der Waals surface area contributed by atoms with Crippen LogP contribution < -0.4 is 0 Å². The second-order valence-corrected chi connectivity index (χ2v) is 5.91. The molecule has 0 atom stereocenters. The molecule has 0 unspecified atom stereocenters. The monoisotopic (exact) mass is 190 g/mol. The Morgan fingerprint density at radius 1 is 1.42 bits per heavy atom. The van der Waals surface area contributed by atoms with Crippen LogP contribution in [0.3, 0.4) is 0 Å². The Labute approximate surface area is 74.9 Å². The first-order valence-corrected chi connectivity index (χ1v) is 5.76. The summed E-state index contributed by atoms with van der Waals surface area (Å²) in [5.74, 6) is 2.72. The van der Waals surface area contributed by atoms with Crippen molar-refractivity contribution in [2.75, 3.05) is 39.2 Å². The molecule has 0 rings (SSSR count). The molecule has 0 amide bonds. The summed E-state index contributed by atoms with van der Waals surface area (Å²) in [6.07, 6.45) is 6.38. The minimum atomic E-state index is -2.86. The maximum atomic E-state index is 10.8. The SMILES string of the molecule is C#CC[N+](C)(C)CCS(C)(=O)=O. The number of rotatable bonds is 4. The van der Waals surface area contributed by atoms with Crippen LogP contribution >= 0.6 is 0 Å². The zero-order valence-corrected chi connectivity index (χ0v) is 8.69. The second-order valence-electron chi connectivity index (χ2n) is 3.65. The van der Waals surface area contributed by atoms with Crippen LogP contribution in [0.5, 0.6) is 0 Å². The van der Waals surface area contributed by atoms with Gasteiger partial charge >= 0.3 is 0 Å². The molecule has 0 bridgehead atoms. The summed E-state index contributed by atoms with van der Waals surface area (Å²) in [7, 11) is 0.983. The molecule has 0 aliphatic carbocycles.